The van der Waals surface area contributed by atoms with Gasteiger partial charge in [-0.1, -0.05) is 71.8 Å². The Balaban J connectivity index is 0.00000241. The van der Waals surface area contributed by atoms with E-state index in [1.807, 2.05) is 91.0 Å². The average Bonchev–Trinajstić information content (AvgIpc) is 2.88. The zero-order chi connectivity index (χ0) is 22.2. The second-order valence-electron chi connectivity index (χ2n) is 7.88. The molecule has 0 aliphatic rings. The molecule has 0 amide bonds. The van der Waals surface area contributed by atoms with Crippen LogP contribution in [-0.4, -0.2) is 20.3 Å². The van der Waals surface area contributed by atoms with E-state index >= 15 is 0 Å². The zero-order valence-electron chi connectivity index (χ0n) is 17.9. The SMILES string of the molecule is Oc1cc2ccccc2cc1-c1cccc(-c2[c-]c(-c3nncc4ccccc34)ccc2)n1.[Pt]. The first-order valence-corrected chi connectivity index (χ1v) is 10.7. The molecule has 34 heavy (non-hydrogen) atoms. The first-order valence-electron chi connectivity index (χ1n) is 10.7. The number of pyridine rings is 1. The first-order chi connectivity index (χ1) is 16.3. The van der Waals surface area contributed by atoms with E-state index in [1.54, 1.807) is 12.3 Å². The summed E-state index contributed by atoms with van der Waals surface area (Å²) in [5.41, 5.74) is 4.68. The van der Waals surface area contributed by atoms with E-state index in [0.29, 0.717) is 11.3 Å². The average molecular weight is 620 g/mol. The summed E-state index contributed by atoms with van der Waals surface area (Å²) in [6, 6.07) is 35.0. The van der Waals surface area contributed by atoms with Crippen LogP contribution in [0, 0.1) is 6.07 Å². The molecule has 4 aromatic carbocycles. The van der Waals surface area contributed by atoms with Gasteiger partial charge < -0.3 is 5.11 Å². The molecule has 2 heterocycles. The van der Waals surface area contributed by atoms with Crippen molar-refractivity contribution in [1.82, 2.24) is 15.2 Å². The molecule has 6 aromatic rings. The van der Waals surface area contributed by atoms with Crippen molar-refractivity contribution in [3.05, 3.63) is 109 Å². The van der Waals surface area contributed by atoms with Gasteiger partial charge in [0.1, 0.15) is 5.75 Å². The maximum Gasteiger partial charge on any atom is 0.125 e. The van der Waals surface area contributed by atoms with Gasteiger partial charge in [-0.2, -0.15) is 10.2 Å². The summed E-state index contributed by atoms with van der Waals surface area (Å²) in [5, 5.41) is 23.3. The van der Waals surface area contributed by atoms with E-state index in [0.717, 1.165) is 44.1 Å². The van der Waals surface area contributed by atoms with Crippen molar-refractivity contribution >= 4 is 21.5 Å². The van der Waals surface area contributed by atoms with Gasteiger partial charge in [-0.15, -0.1) is 24.3 Å². The van der Waals surface area contributed by atoms with Gasteiger partial charge in [0.25, 0.3) is 0 Å². The maximum absolute atomic E-state index is 10.7. The molecule has 0 bridgehead atoms. The van der Waals surface area contributed by atoms with Crippen LogP contribution in [0.15, 0.2) is 103 Å². The molecule has 0 saturated carbocycles. The van der Waals surface area contributed by atoms with E-state index in [-0.39, 0.29) is 26.8 Å². The van der Waals surface area contributed by atoms with Crippen LogP contribution >= 0.6 is 0 Å². The van der Waals surface area contributed by atoms with Crippen LogP contribution in [0.2, 0.25) is 0 Å². The molecular formula is C29H18N3OPt-. The fraction of sp³-hybridized carbons (Fsp3) is 0. The summed E-state index contributed by atoms with van der Waals surface area (Å²) < 4.78 is 0. The Kier molecular flexibility index (Phi) is 5.91. The van der Waals surface area contributed by atoms with Crippen molar-refractivity contribution < 1.29 is 26.2 Å². The molecule has 2 aromatic heterocycles. The van der Waals surface area contributed by atoms with Gasteiger partial charge in [0.05, 0.1) is 11.9 Å². The molecule has 0 unspecified atom stereocenters. The van der Waals surface area contributed by atoms with E-state index < -0.39 is 0 Å². The molecule has 0 aliphatic heterocycles. The Morgan fingerprint density at radius 2 is 1.32 bits per heavy atom. The second kappa shape index (κ2) is 9.17. The molecule has 0 radical (unpaired) electrons. The molecule has 0 saturated heterocycles. The smallest absolute Gasteiger partial charge is 0.125 e. The van der Waals surface area contributed by atoms with Crippen LogP contribution in [0.4, 0.5) is 0 Å². The van der Waals surface area contributed by atoms with Gasteiger partial charge in [-0.25, -0.2) is 0 Å². The number of fused-ring (bicyclic) bond motifs is 2. The maximum atomic E-state index is 10.7. The zero-order valence-corrected chi connectivity index (χ0v) is 20.2. The molecule has 1 N–H and O–H groups in total. The molecule has 5 heteroatoms. The topological polar surface area (TPSA) is 58.9 Å². The summed E-state index contributed by atoms with van der Waals surface area (Å²) in [5.74, 6) is 0.210. The summed E-state index contributed by atoms with van der Waals surface area (Å²) in [7, 11) is 0. The van der Waals surface area contributed by atoms with E-state index in [9.17, 15) is 5.11 Å². The van der Waals surface area contributed by atoms with Crippen LogP contribution in [0.25, 0.3) is 55.3 Å². The number of aromatic nitrogens is 3. The molecule has 0 fully saturated rings. The third-order valence-electron chi connectivity index (χ3n) is 5.79. The van der Waals surface area contributed by atoms with Crippen molar-refractivity contribution in [2.45, 2.75) is 0 Å². The first kappa shape index (κ1) is 21.9. The summed E-state index contributed by atoms with van der Waals surface area (Å²) >= 11 is 0. The summed E-state index contributed by atoms with van der Waals surface area (Å²) in [4.78, 5) is 4.85. The summed E-state index contributed by atoms with van der Waals surface area (Å²) in [6.45, 7) is 0. The minimum atomic E-state index is 0. The normalized spacial score (nSPS) is 10.8. The van der Waals surface area contributed by atoms with Gasteiger partial charge in [-0.05, 0) is 39.7 Å². The second-order valence-corrected chi connectivity index (χ2v) is 7.88. The van der Waals surface area contributed by atoms with E-state index in [2.05, 4.69) is 16.3 Å². The Hall–Kier alpha value is -3.88. The molecule has 0 spiro atoms. The fourth-order valence-electron chi connectivity index (χ4n) is 4.15. The van der Waals surface area contributed by atoms with Gasteiger partial charge in [0.15, 0.2) is 0 Å². The number of phenols is 1. The Morgan fingerprint density at radius 3 is 2.18 bits per heavy atom. The van der Waals surface area contributed by atoms with E-state index in [4.69, 9.17) is 4.98 Å². The van der Waals surface area contributed by atoms with Gasteiger partial charge in [0.2, 0.25) is 0 Å². The molecular weight excluding hydrogens is 601 g/mol. The Bertz CT molecular complexity index is 1640. The molecule has 4 nitrogen and oxygen atoms in total. The van der Waals surface area contributed by atoms with Crippen molar-refractivity contribution in [2.24, 2.45) is 0 Å². The quantitative estimate of drug-likeness (QED) is 0.225. The minimum Gasteiger partial charge on any atom is -0.507 e. The van der Waals surface area contributed by atoms with Crippen molar-refractivity contribution in [1.29, 1.82) is 0 Å². The number of aromatic hydroxyl groups is 1. The van der Waals surface area contributed by atoms with Gasteiger partial charge >= 0.3 is 0 Å². The van der Waals surface area contributed by atoms with Gasteiger partial charge in [0, 0.05) is 38.0 Å². The number of nitrogens with zero attached hydrogens (tertiary/aromatic N) is 3. The number of rotatable bonds is 3. The van der Waals surface area contributed by atoms with Crippen LogP contribution in [0.5, 0.6) is 5.75 Å². The monoisotopic (exact) mass is 619 g/mol. The predicted octanol–water partition coefficient (Wildman–Crippen LogP) is 6.68. The standard InChI is InChI=1S/C29H18N3O.Pt/c33-28-17-20-8-2-1-7-19(20)16-25(28)27-14-6-13-26(31-27)21-10-5-11-22(15-21)29-24-12-4-3-9-23(24)18-30-32-29;/h1-14,16-18,33H;/q-1;. The number of hydrogen-bond acceptors (Lipinski definition) is 4. The fourth-order valence-corrected chi connectivity index (χ4v) is 4.15. The van der Waals surface area contributed by atoms with Crippen LogP contribution in [0.1, 0.15) is 0 Å². The predicted molar refractivity (Wildman–Crippen MR) is 132 cm³/mol. The molecule has 0 aliphatic carbocycles. The minimum absolute atomic E-state index is 0. The van der Waals surface area contributed by atoms with Crippen molar-refractivity contribution in [3.8, 4) is 39.5 Å². The largest absolute Gasteiger partial charge is 0.507 e. The van der Waals surface area contributed by atoms with Crippen LogP contribution < -0.4 is 0 Å². The Morgan fingerprint density at radius 1 is 0.647 bits per heavy atom. The molecule has 166 valence electrons. The van der Waals surface area contributed by atoms with Crippen LogP contribution in [-0.2, 0) is 21.1 Å². The Labute approximate surface area is 211 Å². The van der Waals surface area contributed by atoms with Crippen molar-refractivity contribution in [2.75, 3.05) is 0 Å². The van der Waals surface area contributed by atoms with Crippen molar-refractivity contribution in [3.63, 3.8) is 0 Å². The number of benzene rings is 4. The number of hydrogen-bond donors (Lipinski definition) is 1. The molecule has 6 rings (SSSR count). The third-order valence-corrected chi connectivity index (χ3v) is 5.79. The van der Waals surface area contributed by atoms with E-state index in [1.165, 1.54) is 0 Å². The summed E-state index contributed by atoms with van der Waals surface area (Å²) in [6.07, 6.45) is 1.77. The van der Waals surface area contributed by atoms with Crippen LogP contribution in [0.3, 0.4) is 0 Å². The third kappa shape index (κ3) is 3.98. The molecule has 0 atom stereocenters. The number of phenolic OH excluding ortho intramolecular Hbond substituents is 1. The van der Waals surface area contributed by atoms with Gasteiger partial charge in [-0.3, -0.25) is 4.98 Å².